The van der Waals surface area contributed by atoms with Crippen molar-refractivity contribution in [3.63, 3.8) is 0 Å². The van der Waals surface area contributed by atoms with Crippen molar-refractivity contribution >= 4 is 24.8 Å². The fourth-order valence-electron chi connectivity index (χ4n) is 1.97. The first kappa shape index (κ1) is 15.0. The molecule has 2 aromatic carbocycles. The van der Waals surface area contributed by atoms with Crippen LogP contribution in [0.2, 0.25) is 5.02 Å². The highest BCUT2D eigenvalue weighted by atomic mass is 35.5. The van der Waals surface area contributed by atoms with Crippen LogP contribution in [0, 0.1) is 13.8 Å². The Hall–Kier alpha value is -1.44. The van der Waals surface area contributed by atoms with Gasteiger partial charge in [-0.2, -0.15) is 0 Å². The van der Waals surface area contributed by atoms with Crippen LogP contribution in [0.25, 0.3) is 0 Å². The summed E-state index contributed by atoms with van der Waals surface area (Å²) >= 11 is 5.82. The minimum atomic E-state index is -2.98. The quantitative estimate of drug-likeness (QED) is 0.782. The molecule has 1 atom stereocenters. The minimum absolute atomic E-state index is 0.606. The molecule has 0 unspecified atom stereocenters. The summed E-state index contributed by atoms with van der Waals surface area (Å²) in [5.41, 5.74) is 2.86. The van der Waals surface area contributed by atoms with Gasteiger partial charge in [-0.25, -0.2) is 0 Å². The average molecular weight is 310 g/mol. The molecule has 0 spiro atoms. The van der Waals surface area contributed by atoms with Crippen molar-refractivity contribution in [3.8, 4) is 5.75 Å². The standard InChI is InChI=1S/C15H17ClNO2P/c1-11-8-12(2)10-15(9-11)19-20(3,18)17-14-6-4-13(16)5-7-14/h4-10H,1-3H3,(H,17,18)/t20-/m0/s1. The first-order valence-electron chi connectivity index (χ1n) is 6.23. The molecule has 5 heteroatoms. The molecule has 0 saturated carbocycles. The summed E-state index contributed by atoms with van der Waals surface area (Å²) in [6, 6.07) is 12.8. The van der Waals surface area contributed by atoms with Crippen LogP contribution in [0.15, 0.2) is 42.5 Å². The lowest BCUT2D eigenvalue weighted by Gasteiger charge is -2.18. The highest BCUT2D eigenvalue weighted by Gasteiger charge is 2.17. The van der Waals surface area contributed by atoms with Gasteiger partial charge in [0.15, 0.2) is 0 Å². The Bertz CT molecular complexity index is 635. The average Bonchev–Trinajstić information content (AvgIpc) is 2.29. The zero-order valence-corrected chi connectivity index (χ0v) is 13.3. The van der Waals surface area contributed by atoms with E-state index in [-0.39, 0.29) is 0 Å². The minimum Gasteiger partial charge on any atom is -0.429 e. The Morgan fingerprint density at radius 1 is 1.05 bits per heavy atom. The maximum absolute atomic E-state index is 12.5. The molecule has 0 aromatic heterocycles. The third kappa shape index (κ3) is 4.29. The van der Waals surface area contributed by atoms with E-state index in [9.17, 15) is 4.57 Å². The van der Waals surface area contributed by atoms with Crippen LogP contribution < -0.4 is 9.61 Å². The highest BCUT2D eigenvalue weighted by Crippen LogP contribution is 2.43. The molecule has 3 nitrogen and oxygen atoms in total. The van der Waals surface area contributed by atoms with Crippen molar-refractivity contribution in [2.75, 3.05) is 11.8 Å². The second-order valence-electron chi connectivity index (χ2n) is 4.88. The summed E-state index contributed by atoms with van der Waals surface area (Å²) in [5, 5.41) is 3.54. The van der Waals surface area contributed by atoms with Gasteiger partial charge in [0.2, 0.25) is 0 Å². The summed E-state index contributed by atoms with van der Waals surface area (Å²) in [5.74, 6) is 0.606. The van der Waals surface area contributed by atoms with E-state index in [1.807, 2.05) is 32.0 Å². The van der Waals surface area contributed by atoms with Crippen LogP contribution in [0.5, 0.6) is 5.75 Å². The van der Waals surface area contributed by atoms with E-state index in [0.717, 1.165) is 11.1 Å². The summed E-state index contributed by atoms with van der Waals surface area (Å²) in [7, 11) is -2.98. The van der Waals surface area contributed by atoms with Gasteiger partial charge < -0.3 is 9.61 Å². The third-order valence-corrected chi connectivity index (χ3v) is 4.13. The number of halogens is 1. The maximum Gasteiger partial charge on any atom is 0.338 e. The Labute approximate surface area is 124 Å². The fourth-order valence-corrected chi connectivity index (χ4v) is 3.27. The van der Waals surface area contributed by atoms with Gasteiger partial charge in [0.1, 0.15) is 5.75 Å². The molecule has 0 saturated heterocycles. The van der Waals surface area contributed by atoms with Crippen LogP contribution >= 0.6 is 19.1 Å². The third-order valence-electron chi connectivity index (χ3n) is 2.65. The van der Waals surface area contributed by atoms with Crippen LogP contribution in [0.3, 0.4) is 0 Å². The predicted molar refractivity (Wildman–Crippen MR) is 85.1 cm³/mol. The molecular weight excluding hydrogens is 293 g/mol. The second-order valence-corrected chi connectivity index (χ2v) is 7.41. The molecule has 2 rings (SSSR count). The van der Waals surface area contributed by atoms with Gasteiger partial charge in [0.25, 0.3) is 0 Å². The topological polar surface area (TPSA) is 38.3 Å². The molecule has 106 valence electrons. The number of rotatable bonds is 4. The molecular formula is C15H17ClNO2P. The van der Waals surface area contributed by atoms with Crippen LogP contribution in [0.1, 0.15) is 11.1 Å². The number of nitrogens with one attached hydrogen (secondary N) is 1. The van der Waals surface area contributed by atoms with Gasteiger partial charge >= 0.3 is 7.52 Å². The number of aryl methyl sites for hydroxylation is 2. The van der Waals surface area contributed by atoms with Gasteiger partial charge in [0, 0.05) is 17.4 Å². The largest absolute Gasteiger partial charge is 0.429 e. The van der Waals surface area contributed by atoms with E-state index in [1.54, 1.807) is 30.9 Å². The van der Waals surface area contributed by atoms with E-state index in [0.29, 0.717) is 16.5 Å². The lowest BCUT2D eigenvalue weighted by Crippen LogP contribution is -2.02. The van der Waals surface area contributed by atoms with Crippen molar-refractivity contribution < 1.29 is 9.09 Å². The number of hydrogen-bond acceptors (Lipinski definition) is 2. The Morgan fingerprint density at radius 2 is 1.60 bits per heavy atom. The van der Waals surface area contributed by atoms with Crippen molar-refractivity contribution in [1.82, 2.24) is 0 Å². The molecule has 2 aromatic rings. The SMILES string of the molecule is Cc1cc(C)cc(O[P@](C)(=O)Nc2ccc(Cl)cc2)c1. The first-order valence-corrected chi connectivity index (χ1v) is 8.68. The van der Waals surface area contributed by atoms with Crippen LogP contribution in [0.4, 0.5) is 5.69 Å². The zero-order chi connectivity index (χ0) is 14.8. The molecule has 0 heterocycles. The number of anilines is 1. The first-order chi connectivity index (χ1) is 9.34. The molecule has 0 radical (unpaired) electrons. The molecule has 0 amide bonds. The van der Waals surface area contributed by atoms with Crippen molar-refractivity contribution in [1.29, 1.82) is 0 Å². The van der Waals surface area contributed by atoms with Gasteiger partial charge in [0.05, 0.1) is 0 Å². The summed E-state index contributed by atoms with van der Waals surface area (Å²) < 4.78 is 18.1. The van der Waals surface area contributed by atoms with Gasteiger partial charge in [-0.1, -0.05) is 17.7 Å². The molecule has 0 aliphatic rings. The molecule has 1 N–H and O–H groups in total. The van der Waals surface area contributed by atoms with Gasteiger partial charge in [-0.15, -0.1) is 0 Å². The predicted octanol–water partition coefficient (Wildman–Crippen LogP) is 5.27. The smallest absolute Gasteiger partial charge is 0.338 e. The second kappa shape index (κ2) is 5.90. The Balaban J connectivity index is 2.14. The molecule has 20 heavy (non-hydrogen) atoms. The zero-order valence-electron chi connectivity index (χ0n) is 11.7. The Morgan fingerprint density at radius 3 is 2.15 bits per heavy atom. The van der Waals surface area contributed by atoms with Crippen LogP contribution in [-0.2, 0) is 4.57 Å². The van der Waals surface area contributed by atoms with E-state index < -0.39 is 7.52 Å². The molecule has 0 fully saturated rings. The highest BCUT2D eigenvalue weighted by molar-refractivity contribution is 7.60. The monoisotopic (exact) mass is 309 g/mol. The summed E-state index contributed by atoms with van der Waals surface area (Å²) in [6.07, 6.45) is 0. The van der Waals surface area contributed by atoms with Crippen molar-refractivity contribution in [2.45, 2.75) is 13.8 Å². The van der Waals surface area contributed by atoms with E-state index in [1.165, 1.54) is 0 Å². The maximum atomic E-state index is 12.5. The van der Waals surface area contributed by atoms with E-state index >= 15 is 0 Å². The number of hydrogen-bond donors (Lipinski definition) is 1. The van der Waals surface area contributed by atoms with E-state index in [4.69, 9.17) is 16.1 Å². The van der Waals surface area contributed by atoms with Crippen molar-refractivity contribution in [3.05, 3.63) is 58.6 Å². The molecule has 0 aliphatic heterocycles. The molecule has 0 bridgehead atoms. The normalized spacial score (nSPS) is 13.6. The fraction of sp³-hybridized carbons (Fsp3) is 0.200. The van der Waals surface area contributed by atoms with Crippen molar-refractivity contribution in [2.24, 2.45) is 0 Å². The van der Waals surface area contributed by atoms with Crippen LogP contribution in [-0.4, -0.2) is 6.66 Å². The number of benzene rings is 2. The van der Waals surface area contributed by atoms with Gasteiger partial charge in [-0.3, -0.25) is 4.57 Å². The Kier molecular flexibility index (Phi) is 4.42. The lowest BCUT2D eigenvalue weighted by molar-refractivity contribution is 0.493. The summed E-state index contributed by atoms with van der Waals surface area (Å²) in [4.78, 5) is 0. The lowest BCUT2D eigenvalue weighted by atomic mass is 10.1. The van der Waals surface area contributed by atoms with E-state index in [2.05, 4.69) is 5.09 Å². The summed E-state index contributed by atoms with van der Waals surface area (Å²) in [6.45, 7) is 5.51. The molecule has 0 aliphatic carbocycles. The van der Waals surface area contributed by atoms with Gasteiger partial charge in [-0.05, 0) is 61.4 Å².